The molecule has 0 aliphatic carbocycles. The molecule has 42 valence electrons. The van der Waals surface area contributed by atoms with E-state index in [0.29, 0.717) is 0 Å². The van der Waals surface area contributed by atoms with Crippen molar-refractivity contribution in [2.24, 2.45) is 0 Å². The molecular formula is C6H14N+. The summed E-state index contributed by atoms with van der Waals surface area (Å²) in [4.78, 5) is 0. The third-order valence-corrected chi connectivity index (χ3v) is 0.860. The lowest BCUT2D eigenvalue weighted by Gasteiger charge is -1.90. The average molecular weight is 100 g/mol. The van der Waals surface area contributed by atoms with E-state index in [4.69, 9.17) is 0 Å². The Labute approximate surface area is 46.1 Å². The Morgan fingerprint density at radius 3 is 2.71 bits per heavy atom. The first-order valence-electron chi connectivity index (χ1n) is 2.90. The van der Waals surface area contributed by atoms with Crippen molar-refractivity contribution in [3.05, 3.63) is 6.42 Å². The van der Waals surface area contributed by atoms with Gasteiger partial charge in [-0.05, 0) is 6.54 Å². The predicted octanol–water partition coefficient (Wildman–Crippen LogP) is 1.21. The van der Waals surface area contributed by atoms with Crippen LogP contribution in [0, 0.1) is 6.42 Å². The Morgan fingerprint density at radius 1 is 1.57 bits per heavy atom. The van der Waals surface area contributed by atoms with Gasteiger partial charge in [0.05, 0.1) is 19.8 Å². The molecule has 0 aromatic carbocycles. The fourth-order valence-corrected chi connectivity index (χ4v) is 0.423. The highest BCUT2D eigenvalue weighted by molar-refractivity contribution is 4.56. The summed E-state index contributed by atoms with van der Waals surface area (Å²) in [5.41, 5.74) is 0. The molecule has 0 aliphatic heterocycles. The fourth-order valence-electron chi connectivity index (χ4n) is 0.423. The van der Waals surface area contributed by atoms with E-state index in [1.807, 2.05) is 0 Å². The molecule has 0 unspecified atom stereocenters. The molecule has 0 aliphatic rings. The molecule has 0 radical (unpaired) electrons. The van der Waals surface area contributed by atoms with E-state index in [9.17, 15) is 0 Å². The van der Waals surface area contributed by atoms with Gasteiger partial charge < -0.3 is 5.32 Å². The summed E-state index contributed by atoms with van der Waals surface area (Å²) in [6, 6.07) is 0. The van der Waals surface area contributed by atoms with Crippen molar-refractivity contribution in [2.45, 2.75) is 20.3 Å². The van der Waals surface area contributed by atoms with Crippen LogP contribution in [0.3, 0.4) is 0 Å². The maximum absolute atomic E-state index is 3.22. The lowest BCUT2D eigenvalue weighted by molar-refractivity contribution is 0.711. The van der Waals surface area contributed by atoms with Gasteiger partial charge in [-0.2, -0.15) is 0 Å². The lowest BCUT2D eigenvalue weighted by atomic mass is 10.3. The summed E-state index contributed by atoms with van der Waals surface area (Å²) in [7, 11) is 0. The molecule has 0 amide bonds. The van der Waals surface area contributed by atoms with Gasteiger partial charge in [-0.25, -0.2) is 0 Å². The summed E-state index contributed by atoms with van der Waals surface area (Å²) in [6.45, 7) is 6.42. The molecule has 0 fully saturated rings. The van der Waals surface area contributed by atoms with Crippen LogP contribution in [-0.2, 0) is 0 Å². The SMILES string of the molecule is C[CH+]CCNCC. The maximum atomic E-state index is 3.22. The smallest absolute Gasteiger partial charge is 0.0996 e. The lowest BCUT2D eigenvalue weighted by Crippen LogP contribution is -2.13. The van der Waals surface area contributed by atoms with Crippen molar-refractivity contribution >= 4 is 0 Å². The Bertz CT molecular complexity index is 23.4. The Morgan fingerprint density at radius 2 is 2.29 bits per heavy atom. The molecule has 0 spiro atoms. The second-order valence-corrected chi connectivity index (χ2v) is 1.55. The van der Waals surface area contributed by atoms with Crippen LogP contribution in [0.1, 0.15) is 20.3 Å². The zero-order valence-corrected chi connectivity index (χ0v) is 5.20. The van der Waals surface area contributed by atoms with Gasteiger partial charge in [0.1, 0.15) is 0 Å². The Balaban J connectivity index is 2.45. The van der Waals surface area contributed by atoms with Gasteiger partial charge in [0, 0.05) is 6.54 Å². The topological polar surface area (TPSA) is 12.0 Å². The van der Waals surface area contributed by atoms with Gasteiger partial charge in [-0.1, -0.05) is 6.92 Å². The van der Waals surface area contributed by atoms with Crippen molar-refractivity contribution in [1.29, 1.82) is 0 Å². The second kappa shape index (κ2) is 5.83. The minimum absolute atomic E-state index is 1.09. The molecule has 7 heavy (non-hydrogen) atoms. The van der Waals surface area contributed by atoms with E-state index in [1.54, 1.807) is 0 Å². The molecule has 1 N–H and O–H groups in total. The molecule has 0 saturated carbocycles. The van der Waals surface area contributed by atoms with Crippen LogP contribution in [0.15, 0.2) is 0 Å². The van der Waals surface area contributed by atoms with Crippen molar-refractivity contribution < 1.29 is 0 Å². The maximum Gasteiger partial charge on any atom is 0.0996 e. The van der Waals surface area contributed by atoms with Gasteiger partial charge in [-0.3, -0.25) is 0 Å². The summed E-state index contributed by atoms with van der Waals surface area (Å²) in [6.07, 6.45) is 3.36. The minimum Gasteiger partial charge on any atom is -0.313 e. The number of unbranched alkanes of at least 4 members (excludes halogenated alkanes) is 1. The van der Waals surface area contributed by atoms with Gasteiger partial charge in [0.25, 0.3) is 0 Å². The van der Waals surface area contributed by atoms with Crippen LogP contribution in [0.5, 0.6) is 0 Å². The molecule has 0 saturated heterocycles. The normalized spacial score (nSPS) is 8.86. The fraction of sp³-hybridized carbons (Fsp3) is 0.833. The third-order valence-electron chi connectivity index (χ3n) is 0.860. The molecular weight excluding hydrogens is 86.1 g/mol. The van der Waals surface area contributed by atoms with Gasteiger partial charge in [-0.15, -0.1) is 0 Å². The number of nitrogens with one attached hydrogen (secondary N) is 1. The predicted molar refractivity (Wildman–Crippen MR) is 33.1 cm³/mol. The zero-order valence-electron chi connectivity index (χ0n) is 5.20. The monoisotopic (exact) mass is 100 g/mol. The first kappa shape index (κ1) is 6.83. The average Bonchev–Trinajstić information content (AvgIpc) is 1.69. The van der Waals surface area contributed by atoms with Crippen molar-refractivity contribution in [2.75, 3.05) is 13.1 Å². The molecule has 0 rings (SSSR count). The van der Waals surface area contributed by atoms with Crippen molar-refractivity contribution in [3.63, 3.8) is 0 Å². The quantitative estimate of drug-likeness (QED) is 0.413. The highest BCUT2D eigenvalue weighted by atomic mass is 14.8. The molecule has 1 nitrogen and oxygen atoms in total. The van der Waals surface area contributed by atoms with E-state index < -0.39 is 0 Å². The zero-order chi connectivity index (χ0) is 5.54. The highest BCUT2D eigenvalue weighted by Gasteiger charge is 1.85. The van der Waals surface area contributed by atoms with Gasteiger partial charge in [0.2, 0.25) is 0 Å². The summed E-state index contributed by atoms with van der Waals surface area (Å²) in [5.74, 6) is 0. The van der Waals surface area contributed by atoms with E-state index >= 15 is 0 Å². The molecule has 0 aromatic rings. The van der Waals surface area contributed by atoms with Crippen LogP contribution in [0.4, 0.5) is 0 Å². The molecule has 1 heteroatoms. The first-order chi connectivity index (χ1) is 3.41. The Kier molecular flexibility index (Phi) is 5.69. The molecule has 0 heterocycles. The minimum atomic E-state index is 1.09. The standard InChI is InChI=1S/C6H14N/c1-3-5-6-7-4-2/h3,7H,4-6H2,1-2H3/q+1. The highest BCUT2D eigenvalue weighted by Crippen LogP contribution is 1.78. The molecule has 0 bridgehead atoms. The van der Waals surface area contributed by atoms with E-state index in [0.717, 1.165) is 13.1 Å². The Hall–Kier alpha value is -0.170. The van der Waals surface area contributed by atoms with Crippen molar-refractivity contribution in [3.8, 4) is 0 Å². The van der Waals surface area contributed by atoms with E-state index in [-0.39, 0.29) is 0 Å². The summed E-state index contributed by atoms with van der Waals surface area (Å²) < 4.78 is 0. The summed E-state index contributed by atoms with van der Waals surface area (Å²) in [5, 5.41) is 3.22. The van der Waals surface area contributed by atoms with E-state index in [2.05, 4.69) is 25.6 Å². The van der Waals surface area contributed by atoms with Crippen LogP contribution >= 0.6 is 0 Å². The number of hydrogen-bond acceptors (Lipinski definition) is 1. The van der Waals surface area contributed by atoms with Gasteiger partial charge in [0.15, 0.2) is 0 Å². The van der Waals surface area contributed by atoms with Crippen molar-refractivity contribution in [1.82, 2.24) is 5.32 Å². The number of hydrogen-bond donors (Lipinski definition) is 1. The van der Waals surface area contributed by atoms with Crippen LogP contribution in [0.2, 0.25) is 0 Å². The van der Waals surface area contributed by atoms with E-state index in [1.165, 1.54) is 6.42 Å². The van der Waals surface area contributed by atoms with Crippen LogP contribution in [0.25, 0.3) is 0 Å². The van der Waals surface area contributed by atoms with Crippen LogP contribution < -0.4 is 5.32 Å². The first-order valence-corrected chi connectivity index (χ1v) is 2.90. The molecule has 0 aromatic heterocycles. The largest absolute Gasteiger partial charge is 0.313 e. The molecule has 0 atom stereocenters. The summed E-state index contributed by atoms with van der Waals surface area (Å²) >= 11 is 0. The third kappa shape index (κ3) is 5.83. The number of rotatable bonds is 4. The van der Waals surface area contributed by atoms with Gasteiger partial charge >= 0.3 is 0 Å². The second-order valence-electron chi connectivity index (χ2n) is 1.55. The van der Waals surface area contributed by atoms with Crippen LogP contribution in [-0.4, -0.2) is 13.1 Å².